The van der Waals surface area contributed by atoms with Gasteiger partial charge in [0.1, 0.15) is 11.2 Å². The lowest BCUT2D eigenvalue weighted by Gasteiger charge is -2.21. The fourth-order valence-electron chi connectivity index (χ4n) is 3.76. The molecule has 166 valence electrons. The van der Waals surface area contributed by atoms with Crippen LogP contribution >= 0.6 is 0 Å². The zero-order valence-electron chi connectivity index (χ0n) is 19.7. The van der Waals surface area contributed by atoms with Crippen molar-refractivity contribution in [3.8, 4) is 0 Å². The number of carbonyl (C=O) groups is 2. The van der Waals surface area contributed by atoms with Crippen molar-refractivity contribution in [2.45, 2.75) is 117 Å². The van der Waals surface area contributed by atoms with E-state index in [2.05, 4.69) is 20.8 Å². The lowest BCUT2D eigenvalue weighted by atomic mass is 9.95. The first-order valence-corrected chi connectivity index (χ1v) is 11.4. The maximum atomic E-state index is 11.3. The van der Waals surface area contributed by atoms with Crippen LogP contribution < -0.4 is 0 Å². The average molecular weight is 407 g/mol. The number of esters is 2. The van der Waals surface area contributed by atoms with Crippen LogP contribution in [-0.2, 0) is 19.1 Å². The van der Waals surface area contributed by atoms with Gasteiger partial charge in [0.2, 0.25) is 0 Å². The standard InChI is InChI=1S/C14H24O2.C11H18O2/c1-4-5-6-7-8-9-10-14(3)11-12(2)13(15)16-14;1-8(2)5-6-11(4)7-9(3)10(12)13-11/h11H,4-10H2,1-3H3;7-8H,5-6H2,1-4H3. The molecule has 2 atom stereocenters. The molecule has 0 bridgehead atoms. The zero-order valence-corrected chi connectivity index (χ0v) is 19.7. The van der Waals surface area contributed by atoms with E-state index in [9.17, 15) is 9.59 Å². The minimum Gasteiger partial charge on any atom is -0.452 e. The van der Waals surface area contributed by atoms with Gasteiger partial charge in [-0.3, -0.25) is 0 Å². The monoisotopic (exact) mass is 406 g/mol. The summed E-state index contributed by atoms with van der Waals surface area (Å²) in [7, 11) is 0. The first kappa shape index (κ1) is 25.5. The van der Waals surface area contributed by atoms with Crippen molar-refractivity contribution in [2.24, 2.45) is 5.92 Å². The number of rotatable bonds is 10. The van der Waals surface area contributed by atoms with E-state index >= 15 is 0 Å². The predicted octanol–water partition coefficient (Wildman–Crippen LogP) is 6.68. The van der Waals surface area contributed by atoms with Crippen molar-refractivity contribution in [3.05, 3.63) is 23.3 Å². The molecule has 0 N–H and O–H groups in total. The number of ether oxygens (including phenoxy) is 2. The quantitative estimate of drug-likeness (QED) is 0.300. The Labute approximate surface area is 178 Å². The molecule has 0 spiro atoms. The van der Waals surface area contributed by atoms with Crippen molar-refractivity contribution >= 4 is 11.9 Å². The number of hydrogen-bond donors (Lipinski definition) is 0. The highest BCUT2D eigenvalue weighted by Gasteiger charge is 2.34. The van der Waals surface area contributed by atoms with E-state index in [4.69, 9.17) is 9.47 Å². The van der Waals surface area contributed by atoms with Gasteiger partial charge in [0.15, 0.2) is 0 Å². The van der Waals surface area contributed by atoms with Crippen molar-refractivity contribution in [3.63, 3.8) is 0 Å². The second kappa shape index (κ2) is 11.6. The molecule has 0 saturated heterocycles. The highest BCUT2D eigenvalue weighted by Crippen LogP contribution is 2.30. The summed E-state index contributed by atoms with van der Waals surface area (Å²) in [6.07, 6.45) is 14.6. The first-order chi connectivity index (χ1) is 13.5. The molecule has 2 aliphatic rings. The van der Waals surface area contributed by atoms with Crippen LogP contribution in [0.1, 0.15) is 106 Å². The SMILES string of the molecule is CC1=CC(C)(CCC(C)C)OC1=O.CCCCCCCCC1(C)C=C(C)C(=O)O1. The fourth-order valence-corrected chi connectivity index (χ4v) is 3.76. The Hall–Kier alpha value is -1.58. The number of cyclic esters (lactones) is 2. The van der Waals surface area contributed by atoms with Crippen LogP contribution in [0.3, 0.4) is 0 Å². The average Bonchev–Trinajstić information content (AvgIpc) is 3.04. The molecule has 29 heavy (non-hydrogen) atoms. The number of unbranched alkanes of at least 4 members (excludes halogenated alkanes) is 5. The topological polar surface area (TPSA) is 52.6 Å². The van der Waals surface area contributed by atoms with Crippen LogP contribution in [0.2, 0.25) is 0 Å². The normalized spacial score (nSPS) is 25.9. The van der Waals surface area contributed by atoms with E-state index in [0.29, 0.717) is 5.92 Å². The predicted molar refractivity (Wildman–Crippen MR) is 119 cm³/mol. The molecule has 0 fully saturated rings. The molecule has 4 nitrogen and oxygen atoms in total. The maximum Gasteiger partial charge on any atom is 0.334 e. The molecule has 0 saturated carbocycles. The smallest absolute Gasteiger partial charge is 0.334 e. The van der Waals surface area contributed by atoms with E-state index in [1.54, 1.807) is 0 Å². The number of carbonyl (C=O) groups excluding carboxylic acids is 2. The van der Waals surface area contributed by atoms with Crippen molar-refractivity contribution in [2.75, 3.05) is 0 Å². The van der Waals surface area contributed by atoms with Crippen LogP contribution in [0.4, 0.5) is 0 Å². The van der Waals surface area contributed by atoms with E-state index in [0.717, 1.165) is 36.8 Å². The molecule has 0 aromatic rings. The van der Waals surface area contributed by atoms with E-state index < -0.39 is 0 Å². The molecule has 0 radical (unpaired) electrons. The number of hydrogen-bond acceptors (Lipinski definition) is 4. The van der Waals surface area contributed by atoms with Crippen LogP contribution in [0.25, 0.3) is 0 Å². The summed E-state index contributed by atoms with van der Waals surface area (Å²) in [5.74, 6) is 0.351. The summed E-state index contributed by atoms with van der Waals surface area (Å²) in [5, 5.41) is 0. The van der Waals surface area contributed by atoms with Gasteiger partial charge in [-0.25, -0.2) is 9.59 Å². The van der Waals surface area contributed by atoms with Gasteiger partial charge in [0.25, 0.3) is 0 Å². The largest absolute Gasteiger partial charge is 0.452 e. The Bertz CT molecular complexity index is 616. The van der Waals surface area contributed by atoms with Crippen molar-refractivity contribution in [1.29, 1.82) is 0 Å². The van der Waals surface area contributed by atoms with Crippen LogP contribution in [0, 0.1) is 5.92 Å². The second-order valence-electron chi connectivity index (χ2n) is 9.51. The van der Waals surface area contributed by atoms with Gasteiger partial charge in [-0.15, -0.1) is 0 Å². The van der Waals surface area contributed by atoms with Gasteiger partial charge in [-0.1, -0.05) is 52.9 Å². The molecular formula is C25H42O4. The summed E-state index contributed by atoms with van der Waals surface area (Å²) >= 11 is 0. The molecule has 2 unspecified atom stereocenters. The molecule has 0 amide bonds. The molecule has 4 heteroatoms. The molecule has 2 rings (SSSR count). The summed E-state index contributed by atoms with van der Waals surface area (Å²) < 4.78 is 10.6. The Kier molecular flexibility index (Phi) is 10.2. The molecule has 2 aliphatic heterocycles. The summed E-state index contributed by atoms with van der Waals surface area (Å²) in [6, 6.07) is 0. The van der Waals surface area contributed by atoms with Gasteiger partial charge in [-0.2, -0.15) is 0 Å². The van der Waals surface area contributed by atoms with Gasteiger partial charge < -0.3 is 9.47 Å². The summed E-state index contributed by atoms with van der Waals surface area (Å²) in [5.41, 5.74) is 0.830. The van der Waals surface area contributed by atoms with E-state index in [1.165, 1.54) is 32.1 Å². The van der Waals surface area contributed by atoms with E-state index in [1.807, 2.05) is 39.8 Å². The lowest BCUT2D eigenvalue weighted by Crippen LogP contribution is -2.24. The van der Waals surface area contributed by atoms with Gasteiger partial charge in [-0.05, 0) is 71.4 Å². The first-order valence-electron chi connectivity index (χ1n) is 11.4. The summed E-state index contributed by atoms with van der Waals surface area (Å²) in [4.78, 5) is 22.4. The Morgan fingerprint density at radius 3 is 1.66 bits per heavy atom. The van der Waals surface area contributed by atoms with Crippen LogP contribution in [-0.4, -0.2) is 23.1 Å². The van der Waals surface area contributed by atoms with Gasteiger partial charge >= 0.3 is 11.9 Å². The highest BCUT2D eigenvalue weighted by molar-refractivity contribution is 5.91. The third kappa shape index (κ3) is 9.18. The summed E-state index contributed by atoms with van der Waals surface area (Å²) in [6.45, 7) is 14.2. The molecule has 0 aliphatic carbocycles. The minimum atomic E-state index is -0.342. The molecule has 0 aromatic carbocycles. The Morgan fingerprint density at radius 2 is 1.24 bits per heavy atom. The third-order valence-electron chi connectivity index (χ3n) is 5.58. The zero-order chi connectivity index (χ0) is 22.1. The fraction of sp³-hybridized carbons (Fsp3) is 0.760. The Balaban J connectivity index is 0.000000296. The Morgan fingerprint density at radius 1 is 0.793 bits per heavy atom. The highest BCUT2D eigenvalue weighted by atomic mass is 16.6. The molecule has 0 aromatic heterocycles. The molecule has 2 heterocycles. The van der Waals surface area contributed by atoms with Crippen LogP contribution in [0.5, 0.6) is 0 Å². The van der Waals surface area contributed by atoms with Gasteiger partial charge in [0.05, 0.1) is 0 Å². The van der Waals surface area contributed by atoms with E-state index in [-0.39, 0.29) is 23.1 Å². The van der Waals surface area contributed by atoms with Gasteiger partial charge in [0, 0.05) is 11.1 Å². The van der Waals surface area contributed by atoms with Crippen molar-refractivity contribution in [1.82, 2.24) is 0 Å². The second-order valence-corrected chi connectivity index (χ2v) is 9.51. The molecular weight excluding hydrogens is 364 g/mol. The maximum absolute atomic E-state index is 11.3. The minimum absolute atomic E-state index is 0.145. The third-order valence-corrected chi connectivity index (χ3v) is 5.58. The lowest BCUT2D eigenvalue weighted by molar-refractivity contribution is -0.146. The van der Waals surface area contributed by atoms with Crippen LogP contribution in [0.15, 0.2) is 23.3 Å². The van der Waals surface area contributed by atoms with Crippen molar-refractivity contribution < 1.29 is 19.1 Å².